The molecule has 1 amide bonds. The quantitative estimate of drug-likeness (QED) is 0.409. The normalized spacial score (nSPS) is 12.8. The second-order valence-electron chi connectivity index (χ2n) is 7.03. The summed E-state index contributed by atoms with van der Waals surface area (Å²) in [5.74, 6) is -1.22. The van der Waals surface area contributed by atoms with Crippen LogP contribution in [-0.2, 0) is 20.5 Å². The lowest BCUT2D eigenvalue weighted by molar-refractivity contribution is -0.384. The van der Waals surface area contributed by atoms with E-state index in [1.54, 1.807) is 20.8 Å². The molecular weight excluding hydrogens is 383 g/mol. The average molecular weight is 405 g/mol. The summed E-state index contributed by atoms with van der Waals surface area (Å²) in [6, 6.07) is 2.04. The Labute approximate surface area is 159 Å². The van der Waals surface area contributed by atoms with Gasteiger partial charge in [0.25, 0.3) is 11.6 Å². The Bertz CT molecular complexity index is 745. The van der Waals surface area contributed by atoms with Crippen molar-refractivity contribution in [2.24, 2.45) is 0 Å². The van der Waals surface area contributed by atoms with Crippen LogP contribution in [0.15, 0.2) is 18.2 Å². The Morgan fingerprint density at radius 2 is 1.86 bits per heavy atom. The molecule has 0 unspecified atom stereocenters. The first-order valence-electron chi connectivity index (χ1n) is 8.31. The minimum absolute atomic E-state index is 0.126. The Morgan fingerprint density at radius 3 is 2.36 bits per heavy atom. The van der Waals surface area contributed by atoms with E-state index in [4.69, 9.17) is 4.74 Å². The second kappa shape index (κ2) is 8.89. The van der Waals surface area contributed by atoms with E-state index in [0.29, 0.717) is 12.1 Å². The number of hydrogen-bond donors (Lipinski definition) is 2. The molecular formula is C17H22F3N3O5. The zero-order valence-electron chi connectivity index (χ0n) is 15.8. The first-order valence-corrected chi connectivity index (χ1v) is 8.31. The molecule has 1 atom stereocenters. The highest BCUT2D eigenvalue weighted by Crippen LogP contribution is 2.34. The molecule has 0 aromatic heterocycles. The number of alkyl halides is 3. The average Bonchev–Trinajstić information content (AvgIpc) is 2.52. The summed E-state index contributed by atoms with van der Waals surface area (Å²) in [5.41, 5.74) is -2.57. The summed E-state index contributed by atoms with van der Waals surface area (Å²) in [5, 5.41) is 16.2. The molecule has 0 aliphatic heterocycles. The number of nitrogens with zero attached hydrogens (tertiary/aromatic N) is 1. The maximum absolute atomic E-state index is 12.7. The summed E-state index contributed by atoms with van der Waals surface area (Å²) in [4.78, 5) is 33.7. The molecule has 1 rings (SSSR count). The Kier molecular flexibility index (Phi) is 7.36. The first-order chi connectivity index (χ1) is 12.7. The van der Waals surface area contributed by atoms with Crippen LogP contribution < -0.4 is 10.6 Å². The number of carbonyl (C=O) groups is 2. The number of rotatable bonds is 7. The number of ether oxygens (including phenoxy) is 1. The van der Waals surface area contributed by atoms with Gasteiger partial charge < -0.3 is 15.4 Å². The van der Waals surface area contributed by atoms with Crippen LogP contribution >= 0.6 is 0 Å². The van der Waals surface area contributed by atoms with Crippen LogP contribution in [0.25, 0.3) is 0 Å². The fourth-order valence-corrected chi connectivity index (χ4v) is 2.09. The Morgan fingerprint density at radius 1 is 1.25 bits per heavy atom. The molecule has 0 radical (unpaired) electrons. The number of nitrogens with one attached hydrogen (secondary N) is 2. The molecule has 0 aliphatic rings. The van der Waals surface area contributed by atoms with E-state index in [1.165, 1.54) is 6.92 Å². The van der Waals surface area contributed by atoms with Gasteiger partial charge in [-0.25, -0.2) is 0 Å². The zero-order valence-corrected chi connectivity index (χ0v) is 15.8. The standard InChI is InChI=1S/C17H22F3N3O5/c1-10(15(25)22-16(2,3)4)28-14(24)7-8-21-12-6-5-11(17(18,19)20)9-13(12)23(26)27/h5-6,9-10,21H,7-8H2,1-4H3,(H,22,25)/t10-/m0/s1. The lowest BCUT2D eigenvalue weighted by Crippen LogP contribution is -2.46. The van der Waals surface area contributed by atoms with Crippen LogP contribution in [0.1, 0.15) is 39.7 Å². The highest BCUT2D eigenvalue weighted by atomic mass is 19.4. The van der Waals surface area contributed by atoms with E-state index in [9.17, 15) is 32.9 Å². The van der Waals surface area contributed by atoms with Crippen LogP contribution in [0, 0.1) is 10.1 Å². The zero-order chi connectivity index (χ0) is 21.7. The van der Waals surface area contributed by atoms with Gasteiger partial charge in [-0.15, -0.1) is 0 Å². The van der Waals surface area contributed by atoms with Crippen LogP contribution in [-0.4, -0.2) is 35.0 Å². The lowest BCUT2D eigenvalue weighted by atomic mass is 10.1. The van der Waals surface area contributed by atoms with Gasteiger partial charge in [-0.1, -0.05) is 0 Å². The number of anilines is 1. The number of esters is 1. The molecule has 11 heteroatoms. The van der Waals surface area contributed by atoms with E-state index < -0.39 is 45.9 Å². The molecule has 2 N–H and O–H groups in total. The van der Waals surface area contributed by atoms with Crippen molar-refractivity contribution in [3.63, 3.8) is 0 Å². The minimum Gasteiger partial charge on any atom is -0.452 e. The third-order valence-electron chi connectivity index (χ3n) is 3.34. The third-order valence-corrected chi connectivity index (χ3v) is 3.34. The number of halogens is 3. The lowest BCUT2D eigenvalue weighted by Gasteiger charge is -2.23. The van der Waals surface area contributed by atoms with Crippen molar-refractivity contribution in [3.8, 4) is 0 Å². The molecule has 1 aromatic rings. The molecule has 0 bridgehead atoms. The monoisotopic (exact) mass is 405 g/mol. The van der Waals surface area contributed by atoms with Crippen molar-refractivity contribution in [1.29, 1.82) is 0 Å². The molecule has 8 nitrogen and oxygen atoms in total. The molecule has 0 saturated carbocycles. The van der Waals surface area contributed by atoms with Gasteiger partial charge in [0.05, 0.1) is 16.9 Å². The topological polar surface area (TPSA) is 111 Å². The number of carbonyl (C=O) groups excluding carboxylic acids is 2. The Hall–Kier alpha value is -2.85. The summed E-state index contributed by atoms with van der Waals surface area (Å²) in [6.45, 7) is 6.56. The van der Waals surface area contributed by atoms with Gasteiger partial charge in [0.1, 0.15) is 5.69 Å². The number of nitro benzene ring substituents is 1. The molecule has 0 aliphatic carbocycles. The highest BCUT2D eigenvalue weighted by Gasteiger charge is 2.33. The number of benzene rings is 1. The molecule has 0 saturated heterocycles. The largest absolute Gasteiger partial charge is 0.452 e. The van der Waals surface area contributed by atoms with E-state index in [0.717, 1.165) is 6.07 Å². The number of amides is 1. The van der Waals surface area contributed by atoms with Crippen molar-refractivity contribution in [1.82, 2.24) is 5.32 Å². The van der Waals surface area contributed by atoms with E-state index in [-0.39, 0.29) is 18.7 Å². The number of hydrogen-bond acceptors (Lipinski definition) is 6. The van der Waals surface area contributed by atoms with Gasteiger partial charge in [0.15, 0.2) is 6.10 Å². The fourth-order valence-electron chi connectivity index (χ4n) is 2.09. The van der Waals surface area contributed by atoms with Gasteiger partial charge in [-0.2, -0.15) is 13.2 Å². The van der Waals surface area contributed by atoms with Gasteiger partial charge in [-0.3, -0.25) is 19.7 Å². The highest BCUT2D eigenvalue weighted by molar-refractivity contribution is 5.84. The second-order valence-corrected chi connectivity index (χ2v) is 7.03. The van der Waals surface area contributed by atoms with E-state index in [2.05, 4.69) is 10.6 Å². The molecule has 28 heavy (non-hydrogen) atoms. The molecule has 156 valence electrons. The van der Waals surface area contributed by atoms with Crippen LogP contribution in [0.3, 0.4) is 0 Å². The van der Waals surface area contributed by atoms with Crippen molar-refractivity contribution < 1.29 is 32.4 Å². The molecule has 0 heterocycles. The Balaban J connectivity index is 2.64. The summed E-state index contributed by atoms with van der Waals surface area (Å²) in [6.07, 6.45) is -5.99. The summed E-state index contributed by atoms with van der Waals surface area (Å²) in [7, 11) is 0. The smallest absolute Gasteiger partial charge is 0.416 e. The summed E-state index contributed by atoms with van der Waals surface area (Å²) < 4.78 is 43.0. The third kappa shape index (κ3) is 7.41. The van der Waals surface area contributed by atoms with Crippen molar-refractivity contribution in [2.75, 3.05) is 11.9 Å². The first kappa shape index (κ1) is 23.2. The van der Waals surface area contributed by atoms with E-state index >= 15 is 0 Å². The predicted octanol–water partition coefficient (Wildman–Crippen LogP) is 3.26. The van der Waals surface area contributed by atoms with E-state index in [1.807, 2.05) is 0 Å². The molecule has 1 aromatic carbocycles. The van der Waals surface area contributed by atoms with Gasteiger partial charge in [-0.05, 0) is 39.8 Å². The molecule has 0 spiro atoms. The number of nitro groups is 1. The summed E-state index contributed by atoms with van der Waals surface area (Å²) >= 11 is 0. The van der Waals surface area contributed by atoms with Gasteiger partial charge in [0.2, 0.25) is 0 Å². The predicted molar refractivity (Wildman–Crippen MR) is 94.7 cm³/mol. The minimum atomic E-state index is -4.71. The maximum atomic E-state index is 12.7. The molecule has 0 fully saturated rings. The van der Waals surface area contributed by atoms with Crippen molar-refractivity contribution in [3.05, 3.63) is 33.9 Å². The fraction of sp³-hybridized carbons (Fsp3) is 0.529. The van der Waals surface area contributed by atoms with Crippen molar-refractivity contribution in [2.45, 2.75) is 51.9 Å². The van der Waals surface area contributed by atoms with Crippen LogP contribution in [0.4, 0.5) is 24.5 Å². The van der Waals surface area contributed by atoms with Crippen LogP contribution in [0.2, 0.25) is 0 Å². The van der Waals surface area contributed by atoms with Gasteiger partial charge >= 0.3 is 12.1 Å². The van der Waals surface area contributed by atoms with Crippen molar-refractivity contribution >= 4 is 23.3 Å². The van der Waals surface area contributed by atoms with Gasteiger partial charge in [0, 0.05) is 18.2 Å². The van der Waals surface area contributed by atoms with Crippen LogP contribution in [0.5, 0.6) is 0 Å². The SMILES string of the molecule is C[C@H](OC(=O)CCNc1ccc(C(F)(F)F)cc1[N+](=O)[O-])C(=O)NC(C)(C)C. The maximum Gasteiger partial charge on any atom is 0.416 e.